The number of fused-ring (bicyclic) bond motifs is 1. The number of aliphatic hydroxyl groups is 1. The molecule has 7 heteroatoms. The molecule has 4 N–H and O–H groups in total. The molecule has 0 aliphatic heterocycles. The molecule has 5 rings (SSSR count). The van der Waals surface area contributed by atoms with Crippen molar-refractivity contribution < 1.29 is 9.90 Å². The maximum Gasteiger partial charge on any atom is 0.224 e. The summed E-state index contributed by atoms with van der Waals surface area (Å²) in [4.78, 5) is 24.8. The smallest absolute Gasteiger partial charge is 0.224 e. The van der Waals surface area contributed by atoms with E-state index in [4.69, 9.17) is 0 Å². The van der Waals surface area contributed by atoms with Gasteiger partial charge in [-0.3, -0.25) is 4.79 Å². The number of aliphatic hydroxyl groups excluding tert-OH is 1. The molecular weight excluding hydrogens is 390 g/mol. The number of carbonyl (C=O) groups is 1. The maximum atomic E-state index is 13.0. The third kappa shape index (κ3) is 4.13. The summed E-state index contributed by atoms with van der Waals surface area (Å²) in [7, 11) is 0. The molecule has 0 unspecified atom stereocenters. The van der Waals surface area contributed by atoms with Gasteiger partial charge in [-0.15, -0.1) is 0 Å². The first-order chi connectivity index (χ1) is 15.2. The lowest BCUT2D eigenvalue weighted by Gasteiger charge is -2.31. The normalized spacial score (nSPS) is 17.8. The summed E-state index contributed by atoms with van der Waals surface area (Å²) in [6.07, 6.45) is 5.03. The Morgan fingerprint density at radius 2 is 1.94 bits per heavy atom. The summed E-state index contributed by atoms with van der Waals surface area (Å²) < 4.78 is 0. The number of carbonyl (C=O) groups excluding carboxylic acids is 1. The van der Waals surface area contributed by atoms with E-state index in [9.17, 15) is 9.90 Å². The minimum Gasteiger partial charge on any atom is -0.393 e. The number of H-pyrrole nitrogens is 1. The van der Waals surface area contributed by atoms with Crippen LogP contribution in [-0.2, 0) is 0 Å². The summed E-state index contributed by atoms with van der Waals surface area (Å²) in [5, 5.41) is 16.9. The van der Waals surface area contributed by atoms with Crippen molar-refractivity contribution in [3.63, 3.8) is 0 Å². The van der Waals surface area contributed by atoms with Crippen molar-refractivity contribution in [3.05, 3.63) is 78.1 Å². The topological polar surface area (TPSA) is 103 Å². The molecule has 31 heavy (non-hydrogen) atoms. The predicted molar refractivity (Wildman–Crippen MR) is 121 cm³/mol. The van der Waals surface area contributed by atoms with Gasteiger partial charge in [-0.2, -0.15) is 4.98 Å². The molecule has 1 aliphatic carbocycles. The Labute approximate surface area is 179 Å². The van der Waals surface area contributed by atoms with Crippen LogP contribution in [0.1, 0.15) is 28.8 Å². The molecule has 156 valence electrons. The zero-order chi connectivity index (χ0) is 21.2. The Balaban J connectivity index is 1.26. The Hall–Kier alpha value is -3.71. The fourth-order valence-corrected chi connectivity index (χ4v) is 3.90. The molecular formula is C24H23N5O2. The minimum atomic E-state index is -0.161. The number of nitrogens with zero attached hydrogens (tertiary/aromatic N) is 2. The largest absolute Gasteiger partial charge is 0.393 e. The van der Waals surface area contributed by atoms with E-state index < -0.39 is 0 Å². The van der Waals surface area contributed by atoms with E-state index in [0.29, 0.717) is 28.8 Å². The van der Waals surface area contributed by atoms with Crippen LogP contribution in [0.5, 0.6) is 0 Å². The summed E-state index contributed by atoms with van der Waals surface area (Å²) in [5.41, 5.74) is 2.97. The standard InChI is InChI=1S/C24H23N5O2/c30-19-12-15(13-19)14-27-24-26-11-9-21(29-24)28-18-6-4-17(5-7-18)23(31)20-3-1-2-16-8-10-25-22(16)20/h1-11,15,19,25,30H,12-14H2,(H2,26,27,28,29). The number of para-hydroxylation sites is 1. The Kier molecular flexibility index (Phi) is 5.09. The lowest BCUT2D eigenvalue weighted by molar-refractivity contribution is 0.0486. The van der Waals surface area contributed by atoms with Crippen molar-refractivity contribution in [3.8, 4) is 0 Å². The second kappa shape index (κ2) is 8.20. The van der Waals surface area contributed by atoms with Crippen LogP contribution in [-0.4, -0.2) is 38.5 Å². The van der Waals surface area contributed by atoms with Gasteiger partial charge < -0.3 is 20.7 Å². The zero-order valence-corrected chi connectivity index (χ0v) is 16.9. The van der Waals surface area contributed by atoms with Gasteiger partial charge in [0.05, 0.1) is 11.6 Å². The molecule has 1 fully saturated rings. The summed E-state index contributed by atoms with van der Waals surface area (Å²) in [6, 6.07) is 16.8. The minimum absolute atomic E-state index is 0.0192. The highest BCUT2D eigenvalue weighted by Crippen LogP contribution is 2.27. The first-order valence-electron chi connectivity index (χ1n) is 10.4. The third-order valence-corrected chi connectivity index (χ3v) is 5.67. The van der Waals surface area contributed by atoms with E-state index in [1.54, 1.807) is 12.3 Å². The molecule has 0 saturated heterocycles. The van der Waals surface area contributed by atoms with E-state index >= 15 is 0 Å². The number of aromatic amines is 1. The molecule has 1 saturated carbocycles. The SMILES string of the molecule is O=C(c1ccc(Nc2ccnc(NCC3CC(O)C3)n2)cc1)c1cccc2cc[nH]c12. The lowest BCUT2D eigenvalue weighted by Crippen LogP contribution is -2.33. The van der Waals surface area contributed by atoms with Crippen LogP contribution in [0.25, 0.3) is 10.9 Å². The van der Waals surface area contributed by atoms with Gasteiger partial charge in [-0.05, 0) is 61.2 Å². The number of anilines is 3. The number of ketones is 1. The lowest BCUT2D eigenvalue weighted by atomic mass is 9.82. The van der Waals surface area contributed by atoms with E-state index in [1.165, 1.54) is 0 Å². The predicted octanol–water partition coefficient (Wildman–Crippen LogP) is 4.12. The molecule has 4 aromatic rings. The van der Waals surface area contributed by atoms with Crippen LogP contribution in [0.4, 0.5) is 17.5 Å². The fourth-order valence-electron chi connectivity index (χ4n) is 3.90. The molecule has 0 spiro atoms. The van der Waals surface area contributed by atoms with Crippen LogP contribution < -0.4 is 10.6 Å². The quantitative estimate of drug-likeness (QED) is 0.340. The van der Waals surface area contributed by atoms with Crippen LogP contribution in [0, 0.1) is 5.92 Å². The Bertz CT molecular complexity index is 1210. The summed E-state index contributed by atoms with van der Waals surface area (Å²) >= 11 is 0. The first-order valence-corrected chi connectivity index (χ1v) is 10.4. The first kappa shape index (κ1) is 19.3. The van der Waals surface area contributed by atoms with Gasteiger partial charge in [0.2, 0.25) is 5.95 Å². The van der Waals surface area contributed by atoms with E-state index in [0.717, 1.165) is 36.0 Å². The summed E-state index contributed by atoms with van der Waals surface area (Å²) in [5.74, 6) is 1.67. The second-order valence-electron chi connectivity index (χ2n) is 7.92. The van der Waals surface area contributed by atoms with Crippen molar-refractivity contribution in [1.82, 2.24) is 15.0 Å². The van der Waals surface area contributed by atoms with E-state index in [2.05, 4.69) is 25.6 Å². The van der Waals surface area contributed by atoms with Gasteiger partial charge in [0.1, 0.15) is 5.82 Å². The molecule has 2 heterocycles. The third-order valence-electron chi connectivity index (χ3n) is 5.67. The van der Waals surface area contributed by atoms with E-state index in [-0.39, 0.29) is 11.9 Å². The average molecular weight is 413 g/mol. The molecule has 0 bridgehead atoms. The van der Waals surface area contributed by atoms with Crippen molar-refractivity contribution in [2.45, 2.75) is 18.9 Å². The van der Waals surface area contributed by atoms with Crippen LogP contribution in [0.3, 0.4) is 0 Å². The number of nitrogens with one attached hydrogen (secondary N) is 3. The monoisotopic (exact) mass is 413 g/mol. The van der Waals surface area contributed by atoms with Crippen molar-refractivity contribution >= 4 is 34.1 Å². The van der Waals surface area contributed by atoms with Gasteiger partial charge >= 0.3 is 0 Å². The zero-order valence-electron chi connectivity index (χ0n) is 16.9. The number of hydrogen-bond donors (Lipinski definition) is 4. The number of hydrogen-bond acceptors (Lipinski definition) is 6. The Morgan fingerprint density at radius 3 is 2.74 bits per heavy atom. The molecule has 2 aromatic carbocycles. The van der Waals surface area contributed by atoms with Gasteiger partial charge in [0.15, 0.2) is 5.78 Å². The van der Waals surface area contributed by atoms with Gasteiger partial charge in [0.25, 0.3) is 0 Å². The van der Waals surface area contributed by atoms with Gasteiger partial charge in [-0.25, -0.2) is 4.98 Å². The van der Waals surface area contributed by atoms with Crippen LogP contribution >= 0.6 is 0 Å². The average Bonchev–Trinajstić information content (AvgIpc) is 3.25. The molecule has 0 amide bonds. The highest BCUT2D eigenvalue weighted by molar-refractivity contribution is 6.15. The molecule has 7 nitrogen and oxygen atoms in total. The van der Waals surface area contributed by atoms with Crippen molar-refractivity contribution in [2.75, 3.05) is 17.2 Å². The van der Waals surface area contributed by atoms with Crippen molar-refractivity contribution in [1.29, 1.82) is 0 Å². The van der Waals surface area contributed by atoms with Crippen LogP contribution in [0.2, 0.25) is 0 Å². The Morgan fingerprint density at radius 1 is 1.10 bits per heavy atom. The molecule has 1 aliphatic rings. The highest BCUT2D eigenvalue weighted by Gasteiger charge is 2.26. The second-order valence-corrected chi connectivity index (χ2v) is 7.92. The number of benzene rings is 2. The fraction of sp³-hybridized carbons (Fsp3) is 0.208. The highest BCUT2D eigenvalue weighted by atomic mass is 16.3. The summed E-state index contributed by atoms with van der Waals surface area (Å²) in [6.45, 7) is 0.755. The van der Waals surface area contributed by atoms with E-state index in [1.807, 2.05) is 54.7 Å². The van der Waals surface area contributed by atoms with Crippen molar-refractivity contribution in [2.24, 2.45) is 5.92 Å². The molecule has 2 aromatic heterocycles. The van der Waals surface area contributed by atoms with Gasteiger partial charge in [-0.1, -0.05) is 12.1 Å². The molecule has 0 atom stereocenters. The number of rotatable bonds is 7. The van der Waals surface area contributed by atoms with Crippen LogP contribution in [0.15, 0.2) is 67.0 Å². The molecule has 0 radical (unpaired) electrons. The maximum absolute atomic E-state index is 13.0. The van der Waals surface area contributed by atoms with Gasteiger partial charge in [0, 0.05) is 41.1 Å². The number of aromatic nitrogens is 3.